The van der Waals surface area contributed by atoms with Gasteiger partial charge in [0.05, 0.1) is 6.04 Å². The fourth-order valence-electron chi connectivity index (χ4n) is 3.65. The number of nitrogens with zero attached hydrogens (tertiary/aromatic N) is 3. The number of amides is 1. The predicted molar refractivity (Wildman–Crippen MR) is 128 cm³/mol. The second-order valence-electron chi connectivity index (χ2n) is 7.16. The van der Waals surface area contributed by atoms with E-state index in [1.54, 1.807) is 0 Å². The van der Waals surface area contributed by atoms with Crippen molar-refractivity contribution in [1.29, 1.82) is 0 Å². The largest absolute Gasteiger partial charge is 0.368 e. The second kappa shape index (κ2) is 10.8. The lowest BCUT2D eigenvalue weighted by molar-refractivity contribution is -0.132. The predicted octanol–water partition coefficient (Wildman–Crippen LogP) is 3.95. The van der Waals surface area contributed by atoms with Crippen LogP contribution < -0.4 is 10.6 Å². The van der Waals surface area contributed by atoms with Gasteiger partial charge >= 0.3 is 0 Å². The summed E-state index contributed by atoms with van der Waals surface area (Å²) in [7, 11) is 0. The van der Waals surface area contributed by atoms with Gasteiger partial charge in [0.2, 0.25) is 5.91 Å². The average molecular weight is 468 g/mol. The van der Waals surface area contributed by atoms with Crippen LogP contribution in [0.4, 0.5) is 5.69 Å². The third kappa shape index (κ3) is 5.55. The number of benzene rings is 2. The molecule has 5 nitrogen and oxygen atoms in total. The van der Waals surface area contributed by atoms with E-state index in [1.165, 1.54) is 11.1 Å². The van der Waals surface area contributed by atoms with Crippen molar-refractivity contribution in [2.24, 2.45) is 5.73 Å². The fourth-order valence-corrected chi connectivity index (χ4v) is 3.77. The Kier molecular flexibility index (Phi) is 8.74. The van der Waals surface area contributed by atoms with Crippen LogP contribution in [0.25, 0.3) is 10.8 Å². The highest BCUT2D eigenvalue weighted by molar-refractivity contribution is 6.30. The molecule has 4 rings (SSSR count). The molecule has 8 heteroatoms. The molecule has 0 aliphatic carbocycles. The first kappa shape index (κ1) is 24.2. The minimum Gasteiger partial charge on any atom is -0.368 e. The van der Waals surface area contributed by atoms with E-state index in [4.69, 9.17) is 17.3 Å². The Morgan fingerprint density at radius 3 is 2.40 bits per heavy atom. The molecule has 0 saturated carbocycles. The average Bonchev–Trinajstić information content (AvgIpc) is 2.74. The van der Waals surface area contributed by atoms with Crippen LogP contribution in [-0.2, 0) is 11.2 Å². The highest BCUT2D eigenvalue weighted by Crippen LogP contribution is 2.23. The zero-order chi connectivity index (χ0) is 19.5. The summed E-state index contributed by atoms with van der Waals surface area (Å²) in [6.07, 6.45) is 4.21. The van der Waals surface area contributed by atoms with Gasteiger partial charge in [-0.25, -0.2) is 0 Å². The number of anilines is 1. The van der Waals surface area contributed by atoms with E-state index in [1.807, 2.05) is 47.6 Å². The minimum atomic E-state index is -0.527. The second-order valence-corrected chi connectivity index (χ2v) is 7.59. The Hall–Kier alpha value is -2.05. The molecular formula is C22H25Cl3N4O. The summed E-state index contributed by atoms with van der Waals surface area (Å²) in [5.74, 6) is 0.0131. The molecule has 2 heterocycles. The van der Waals surface area contributed by atoms with E-state index in [0.29, 0.717) is 24.5 Å². The first-order valence-electron chi connectivity index (χ1n) is 9.48. The summed E-state index contributed by atoms with van der Waals surface area (Å²) in [6.45, 7) is 2.97. The van der Waals surface area contributed by atoms with Gasteiger partial charge in [-0.05, 0) is 47.7 Å². The molecule has 0 unspecified atom stereocenters. The molecule has 0 bridgehead atoms. The van der Waals surface area contributed by atoms with Crippen molar-refractivity contribution in [2.45, 2.75) is 12.5 Å². The van der Waals surface area contributed by atoms with Crippen molar-refractivity contribution in [3.8, 4) is 0 Å². The molecule has 3 aromatic rings. The lowest BCUT2D eigenvalue weighted by Gasteiger charge is -2.37. The van der Waals surface area contributed by atoms with Gasteiger partial charge in [-0.2, -0.15) is 0 Å². The van der Waals surface area contributed by atoms with Crippen LogP contribution in [0.3, 0.4) is 0 Å². The van der Waals surface area contributed by atoms with Gasteiger partial charge in [0.15, 0.2) is 0 Å². The Morgan fingerprint density at radius 2 is 1.70 bits per heavy atom. The first-order valence-corrected chi connectivity index (χ1v) is 9.85. The Bertz CT molecular complexity index is 976. The van der Waals surface area contributed by atoms with Crippen LogP contribution in [0, 0.1) is 0 Å². The number of carbonyl (C=O) groups excluding carboxylic acids is 1. The molecular weight excluding hydrogens is 443 g/mol. The van der Waals surface area contributed by atoms with Gasteiger partial charge < -0.3 is 15.5 Å². The van der Waals surface area contributed by atoms with E-state index in [-0.39, 0.29) is 30.7 Å². The summed E-state index contributed by atoms with van der Waals surface area (Å²) in [4.78, 5) is 21.1. The summed E-state index contributed by atoms with van der Waals surface area (Å²) in [5, 5.41) is 2.99. The quantitative estimate of drug-likeness (QED) is 0.631. The van der Waals surface area contributed by atoms with Crippen molar-refractivity contribution in [2.75, 3.05) is 31.1 Å². The van der Waals surface area contributed by atoms with Crippen molar-refractivity contribution in [3.05, 3.63) is 71.5 Å². The maximum Gasteiger partial charge on any atom is 0.239 e. The molecule has 1 atom stereocenters. The number of piperazine rings is 1. The molecule has 1 fully saturated rings. The van der Waals surface area contributed by atoms with Crippen LogP contribution in [0.2, 0.25) is 5.02 Å². The molecule has 0 spiro atoms. The smallest absolute Gasteiger partial charge is 0.239 e. The summed E-state index contributed by atoms with van der Waals surface area (Å²) in [5.41, 5.74) is 8.38. The van der Waals surface area contributed by atoms with Crippen molar-refractivity contribution >= 4 is 58.8 Å². The van der Waals surface area contributed by atoms with E-state index in [2.05, 4.69) is 28.1 Å². The van der Waals surface area contributed by atoms with Gasteiger partial charge in [-0.3, -0.25) is 9.78 Å². The van der Waals surface area contributed by atoms with Crippen LogP contribution >= 0.6 is 36.4 Å². The highest BCUT2D eigenvalue weighted by Gasteiger charge is 2.25. The van der Waals surface area contributed by atoms with Gasteiger partial charge in [0.1, 0.15) is 0 Å². The Labute approximate surface area is 194 Å². The van der Waals surface area contributed by atoms with E-state index in [9.17, 15) is 4.79 Å². The molecule has 1 aliphatic heterocycles. The standard InChI is InChI=1S/C22H23ClN4O.2ClH/c23-19-4-1-16(2-5-19)13-21(24)22(28)27-11-9-26(10-12-27)20-6-3-18-15-25-8-7-17(18)14-20;;/h1-8,14-15,21H,9-13,24H2;2*1H/t21-;;/m1../s1. The number of fused-ring (bicyclic) bond motifs is 1. The number of nitrogens with two attached hydrogens (primary N) is 1. The van der Waals surface area contributed by atoms with Crippen LogP contribution in [0.5, 0.6) is 0 Å². The maximum atomic E-state index is 12.7. The number of hydrogen-bond donors (Lipinski definition) is 1. The Balaban J connectivity index is 0.00000160. The van der Waals surface area contributed by atoms with Crippen LogP contribution in [0.15, 0.2) is 60.9 Å². The van der Waals surface area contributed by atoms with Crippen LogP contribution in [0.1, 0.15) is 5.56 Å². The first-order chi connectivity index (χ1) is 13.6. The highest BCUT2D eigenvalue weighted by atomic mass is 35.5. The van der Waals surface area contributed by atoms with Crippen LogP contribution in [-0.4, -0.2) is 48.0 Å². The molecule has 2 aromatic carbocycles. The summed E-state index contributed by atoms with van der Waals surface area (Å²) < 4.78 is 0. The molecule has 1 aliphatic rings. The third-order valence-corrected chi connectivity index (χ3v) is 5.52. The SMILES string of the molecule is Cl.Cl.N[C@H](Cc1ccc(Cl)cc1)C(=O)N1CCN(c2ccc3cnccc3c2)CC1. The van der Waals surface area contributed by atoms with E-state index < -0.39 is 6.04 Å². The zero-order valence-electron chi connectivity index (χ0n) is 16.4. The summed E-state index contributed by atoms with van der Waals surface area (Å²) >= 11 is 5.91. The molecule has 0 radical (unpaired) electrons. The van der Waals surface area contributed by atoms with Gasteiger partial charge in [-0.15, -0.1) is 24.8 Å². The number of halogens is 3. The molecule has 160 valence electrons. The molecule has 30 heavy (non-hydrogen) atoms. The molecule has 1 saturated heterocycles. The van der Waals surface area contributed by atoms with Gasteiger partial charge in [-0.1, -0.05) is 29.8 Å². The minimum absolute atomic E-state index is 0. The normalized spacial score (nSPS) is 14.6. The number of pyridine rings is 1. The third-order valence-electron chi connectivity index (χ3n) is 5.27. The van der Waals surface area contributed by atoms with E-state index >= 15 is 0 Å². The van der Waals surface area contributed by atoms with Gasteiger partial charge in [0.25, 0.3) is 0 Å². The Morgan fingerprint density at radius 1 is 1.00 bits per heavy atom. The summed E-state index contributed by atoms with van der Waals surface area (Å²) in [6, 6.07) is 15.4. The van der Waals surface area contributed by atoms with E-state index in [0.717, 1.165) is 24.0 Å². The lowest BCUT2D eigenvalue weighted by Crippen LogP contribution is -2.53. The molecule has 1 aromatic heterocycles. The molecule has 2 N–H and O–H groups in total. The van der Waals surface area contributed by atoms with Gasteiger partial charge in [0, 0.05) is 54.7 Å². The fraction of sp³-hybridized carbons (Fsp3) is 0.273. The van der Waals surface area contributed by atoms with Crippen molar-refractivity contribution in [1.82, 2.24) is 9.88 Å². The number of hydrogen-bond acceptors (Lipinski definition) is 4. The zero-order valence-corrected chi connectivity index (χ0v) is 18.8. The maximum absolute atomic E-state index is 12.7. The topological polar surface area (TPSA) is 62.5 Å². The number of carbonyl (C=O) groups is 1. The van der Waals surface area contributed by atoms with Crippen molar-refractivity contribution < 1.29 is 4.79 Å². The number of aromatic nitrogens is 1. The number of rotatable bonds is 4. The monoisotopic (exact) mass is 466 g/mol. The molecule has 1 amide bonds. The lowest BCUT2D eigenvalue weighted by atomic mass is 10.1. The van der Waals surface area contributed by atoms with Crippen molar-refractivity contribution in [3.63, 3.8) is 0 Å².